The van der Waals surface area contributed by atoms with Crippen LogP contribution in [0.2, 0.25) is 0 Å². The summed E-state index contributed by atoms with van der Waals surface area (Å²) in [5, 5.41) is 9.65. The van der Waals surface area contributed by atoms with Gasteiger partial charge in [-0.3, -0.25) is 0 Å². The van der Waals surface area contributed by atoms with E-state index in [-0.39, 0.29) is 12.7 Å². The third-order valence-electron chi connectivity index (χ3n) is 4.12. The second-order valence-corrected chi connectivity index (χ2v) is 5.89. The largest absolute Gasteiger partial charge is 0.454 e. The summed E-state index contributed by atoms with van der Waals surface area (Å²) in [7, 11) is 0. The number of benzene rings is 2. The first-order valence-corrected chi connectivity index (χ1v) is 7.44. The van der Waals surface area contributed by atoms with Crippen LogP contribution in [0.5, 0.6) is 11.5 Å². The van der Waals surface area contributed by atoms with Gasteiger partial charge in [0.15, 0.2) is 11.5 Å². The van der Waals surface area contributed by atoms with Gasteiger partial charge in [0.2, 0.25) is 6.79 Å². The summed E-state index contributed by atoms with van der Waals surface area (Å²) < 4.78 is 10.8. The first kappa shape index (κ1) is 14.5. The summed E-state index contributed by atoms with van der Waals surface area (Å²) in [6.07, 6.45) is 0.678. The predicted molar refractivity (Wildman–Crippen MR) is 85.3 cm³/mol. The molecule has 0 spiro atoms. The van der Waals surface area contributed by atoms with E-state index in [0.717, 1.165) is 22.6 Å². The Balaban J connectivity index is 1.91. The van der Waals surface area contributed by atoms with E-state index in [2.05, 4.69) is 39.0 Å². The third-order valence-corrected chi connectivity index (χ3v) is 4.12. The van der Waals surface area contributed by atoms with Crippen LogP contribution in [-0.2, 0) is 6.42 Å². The van der Waals surface area contributed by atoms with Gasteiger partial charge >= 0.3 is 0 Å². The summed E-state index contributed by atoms with van der Waals surface area (Å²) in [4.78, 5) is 0. The summed E-state index contributed by atoms with van der Waals surface area (Å²) in [5.41, 5.74) is 5.84. The summed E-state index contributed by atoms with van der Waals surface area (Å²) in [6.45, 7) is 6.53. The molecule has 1 atom stereocenters. The van der Waals surface area contributed by atoms with Crippen molar-refractivity contribution in [2.24, 2.45) is 0 Å². The van der Waals surface area contributed by atoms with E-state index in [1.165, 1.54) is 16.7 Å². The minimum atomic E-state index is -0.152. The number of hydrogen-bond donors (Lipinski definition) is 0. The van der Waals surface area contributed by atoms with Gasteiger partial charge in [0, 0.05) is 0 Å². The maximum absolute atomic E-state index is 9.65. The molecule has 0 radical (unpaired) electrons. The Kier molecular flexibility index (Phi) is 3.77. The molecule has 0 fully saturated rings. The lowest BCUT2D eigenvalue weighted by Crippen LogP contribution is -2.05. The smallest absolute Gasteiger partial charge is 0.231 e. The van der Waals surface area contributed by atoms with Crippen molar-refractivity contribution in [3.63, 3.8) is 0 Å². The number of ether oxygens (including phenoxy) is 2. The molecular weight excluding hydrogens is 274 g/mol. The maximum Gasteiger partial charge on any atom is 0.231 e. The van der Waals surface area contributed by atoms with Crippen LogP contribution in [0.4, 0.5) is 0 Å². The molecule has 0 aliphatic carbocycles. The number of fused-ring (bicyclic) bond motifs is 1. The number of hydrogen-bond acceptors (Lipinski definition) is 3. The summed E-state index contributed by atoms with van der Waals surface area (Å²) >= 11 is 0. The maximum atomic E-state index is 9.65. The highest BCUT2D eigenvalue weighted by Crippen LogP contribution is 2.35. The predicted octanol–water partition coefficient (Wildman–Crippen LogP) is 4.19. The van der Waals surface area contributed by atoms with E-state index in [9.17, 15) is 5.26 Å². The second-order valence-electron chi connectivity index (χ2n) is 5.89. The van der Waals surface area contributed by atoms with Gasteiger partial charge in [-0.2, -0.15) is 5.26 Å². The van der Waals surface area contributed by atoms with Crippen LogP contribution in [0.3, 0.4) is 0 Å². The van der Waals surface area contributed by atoms with Crippen LogP contribution in [0.15, 0.2) is 30.3 Å². The molecule has 0 bridgehead atoms. The summed E-state index contributed by atoms with van der Waals surface area (Å²) in [5.74, 6) is 1.40. The third kappa shape index (κ3) is 2.65. The van der Waals surface area contributed by atoms with E-state index < -0.39 is 0 Å². The molecule has 1 aliphatic rings. The topological polar surface area (TPSA) is 42.2 Å². The molecule has 1 unspecified atom stereocenters. The molecule has 2 aromatic carbocycles. The molecule has 1 aliphatic heterocycles. The molecule has 2 aromatic rings. The van der Waals surface area contributed by atoms with Gasteiger partial charge in [-0.25, -0.2) is 0 Å². The SMILES string of the molecule is Cc1cc(C)c(C(C#N)Cc2ccc3c(c2)OCO3)c(C)c1. The fourth-order valence-corrected chi connectivity index (χ4v) is 3.26. The Morgan fingerprint density at radius 3 is 2.41 bits per heavy atom. The normalized spacial score (nSPS) is 13.7. The Morgan fingerprint density at radius 2 is 1.73 bits per heavy atom. The van der Waals surface area contributed by atoms with Gasteiger partial charge < -0.3 is 9.47 Å². The molecular formula is C19H19NO2. The average Bonchev–Trinajstić information content (AvgIpc) is 2.92. The standard InChI is InChI=1S/C19H19NO2/c1-12-6-13(2)19(14(3)7-12)16(10-20)8-15-4-5-17-18(9-15)22-11-21-17/h4-7,9,16H,8,11H2,1-3H3. The van der Waals surface area contributed by atoms with Gasteiger partial charge in [0.25, 0.3) is 0 Å². The Morgan fingerprint density at radius 1 is 1.05 bits per heavy atom. The van der Waals surface area contributed by atoms with Gasteiger partial charge in [-0.15, -0.1) is 0 Å². The van der Waals surface area contributed by atoms with Gasteiger partial charge in [-0.1, -0.05) is 23.8 Å². The number of aryl methyl sites for hydroxylation is 3. The minimum absolute atomic E-state index is 0.152. The van der Waals surface area contributed by atoms with Crippen LogP contribution in [0.1, 0.15) is 33.7 Å². The van der Waals surface area contributed by atoms with E-state index >= 15 is 0 Å². The van der Waals surface area contributed by atoms with E-state index in [4.69, 9.17) is 9.47 Å². The van der Waals surface area contributed by atoms with Crippen LogP contribution in [-0.4, -0.2) is 6.79 Å². The summed E-state index contributed by atoms with van der Waals surface area (Å²) in [6, 6.07) is 12.7. The van der Waals surface area contributed by atoms with E-state index in [0.29, 0.717) is 6.42 Å². The molecule has 0 aromatic heterocycles. The minimum Gasteiger partial charge on any atom is -0.454 e. The quantitative estimate of drug-likeness (QED) is 0.852. The lowest BCUT2D eigenvalue weighted by molar-refractivity contribution is 0.174. The Labute approximate surface area is 131 Å². The highest BCUT2D eigenvalue weighted by atomic mass is 16.7. The van der Waals surface area contributed by atoms with Gasteiger partial charge in [0.05, 0.1) is 12.0 Å². The van der Waals surface area contributed by atoms with E-state index in [1.54, 1.807) is 0 Å². The second kappa shape index (κ2) is 5.73. The van der Waals surface area contributed by atoms with Crippen LogP contribution in [0.25, 0.3) is 0 Å². The number of nitrogens with zero attached hydrogens (tertiary/aromatic N) is 1. The molecule has 0 saturated carbocycles. The molecule has 22 heavy (non-hydrogen) atoms. The Hall–Kier alpha value is -2.47. The van der Waals surface area contributed by atoms with Crippen molar-refractivity contribution in [3.8, 4) is 17.6 Å². The zero-order valence-electron chi connectivity index (χ0n) is 13.1. The molecule has 3 nitrogen and oxygen atoms in total. The fourth-order valence-electron chi connectivity index (χ4n) is 3.26. The van der Waals surface area contributed by atoms with Crippen molar-refractivity contribution in [2.75, 3.05) is 6.79 Å². The fraction of sp³-hybridized carbons (Fsp3) is 0.316. The number of rotatable bonds is 3. The van der Waals surface area contributed by atoms with Crippen molar-refractivity contribution in [2.45, 2.75) is 33.1 Å². The lowest BCUT2D eigenvalue weighted by atomic mass is 9.86. The van der Waals surface area contributed by atoms with Crippen molar-refractivity contribution in [1.82, 2.24) is 0 Å². The number of nitriles is 1. The molecule has 0 N–H and O–H groups in total. The van der Waals surface area contributed by atoms with Crippen molar-refractivity contribution >= 4 is 0 Å². The highest BCUT2D eigenvalue weighted by molar-refractivity contribution is 5.47. The van der Waals surface area contributed by atoms with Crippen molar-refractivity contribution in [3.05, 3.63) is 58.1 Å². The Bertz CT molecular complexity index is 736. The van der Waals surface area contributed by atoms with Crippen molar-refractivity contribution < 1.29 is 9.47 Å². The zero-order chi connectivity index (χ0) is 15.7. The molecule has 112 valence electrons. The lowest BCUT2D eigenvalue weighted by Gasteiger charge is -2.17. The van der Waals surface area contributed by atoms with E-state index in [1.807, 2.05) is 18.2 Å². The van der Waals surface area contributed by atoms with Gasteiger partial charge in [-0.05, 0) is 61.6 Å². The van der Waals surface area contributed by atoms with Crippen molar-refractivity contribution in [1.29, 1.82) is 5.26 Å². The van der Waals surface area contributed by atoms with Crippen LogP contribution < -0.4 is 9.47 Å². The average molecular weight is 293 g/mol. The molecule has 0 amide bonds. The van der Waals surface area contributed by atoms with Crippen LogP contribution >= 0.6 is 0 Å². The first-order valence-electron chi connectivity index (χ1n) is 7.44. The zero-order valence-corrected chi connectivity index (χ0v) is 13.1. The molecule has 0 saturated heterocycles. The molecule has 3 heteroatoms. The molecule has 1 heterocycles. The monoisotopic (exact) mass is 293 g/mol. The highest BCUT2D eigenvalue weighted by Gasteiger charge is 2.19. The first-order chi connectivity index (χ1) is 10.6. The van der Waals surface area contributed by atoms with Gasteiger partial charge in [0.1, 0.15) is 0 Å². The molecule has 3 rings (SSSR count). The van der Waals surface area contributed by atoms with Crippen LogP contribution in [0, 0.1) is 32.1 Å².